The Morgan fingerprint density at radius 1 is 1.13 bits per heavy atom. The van der Waals surface area contributed by atoms with Crippen molar-refractivity contribution >= 4 is 29.1 Å². The molecule has 5 nitrogen and oxygen atoms in total. The molecule has 0 bridgehead atoms. The first kappa shape index (κ1) is 16.8. The van der Waals surface area contributed by atoms with Crippen molar-refractivity contribution in [2.45, 2.75) is 6.92 Å². The van der Waals surface area contributed by atoms with E-state index in [2.05, 4.69) is 10.6 Å². The molecule has 2 N–H and O–H groups in total. The van der Waals surface area contributed by atoms with E-state index in [4.69, 9.17) is 16.3 Å². The molecule has 0 fully saturated rings. The molecule has 0 radical (unpaired) electrons. The van der Waals surface area contributed by atoms with E-state index >= 15 is 0 Å². The minimum Gasteiger partial charge on any atom is -0.494 e. The molecular weight excluding hydrogens is 316 g/mol. The van der Waals surface area contributed by atoms with Crippen molar-refractivity contribution in [3.05, 3.63) is 59.1 Å². The molecule has 0 saturated heterocycles. The number of nitrogens with one attached hydrogen (secondary N) is 2. The van der Waals surface area contributed by atoms with Gasteiger partial charge in [0, 0.05) is 16.3 Å². The van der Waals surface area contributed by atoms with Gasteiger partial charge in [0.2, 0.25) is 5.91 Å². The molecule has 0 heterocycles. The lowest BCUT2D eigenvalue weighted by atomic mass is 10.2. The number of ether oxygens (including phenoxy) is 1. The van der Waals surface area contributed by atoms with Gasteiger partial charge in [0.05, 0.1) is 13.2 Å². The van der Waals surface area contributed by atoms with Crippen molar-refractivity contribution in [1.82, 2.24) is 5.32 Å². The molecule has 6 heteroatoms. The number of halogens is 1. The van der Waals surface area contributed by atoms with Crippen molar-refractivity contribution in [3.63, 3.8) is 0 Å². The third-order valence-electron chi connectivity index (χ3n) is 2.95. The van der Waals surface area contributed by atoms with Gasteiger partial charge in [0.1, 0.15) is 5.75 Å². The molecule has 0 saturated carbocycles. The average molecular weight is 333 g/mol. The van der Waals surface area contributed by atoms with Crippen LogP contribution in [-0.4, -0.2) is 25.0 Å². The van der Waals surface area contributed by atoms with E-state index in [1.165, 1.54) is 0 Å². The van der Waals surface area contributed by atoms with Crippen molar-refractivity contribution < 1.29 is 14.3 Å². The molecule has 2 rings (SSSR count). The van der Waals surface area contributed by atoms with Gasteiger partial charge in [0.15, 0.2) is 0 Å². The summed E-state index contributed by atoms with van der Waals surface area (Å²) in [5.41, 5.74) is 1.04. The van der Waals surface area contributed by atoms with Crippen molar-refractivity contribution in [2.24, 2.45) is 0 Å². The first-order chi connectivity index (χ1) is 11.1. The van der Waals surface area contributed by atoms with Gasteiger partial charge in [-0.15, -0.1) is 0 Å². The predicted molar refractivity (Wildman–Crippen MR) is 90.0 cm³/mol. The highest BCUT2D eigenvalue weighted by Crippen LogP contribution is 2.14. The summed E-state index contributed by atoms with van der Waals surface area (Å²) < 4.78 is 5.31. The van der Waals surface area contributed by atoms with Crippen LogP contribution in [0.4, 0.5) is 5.69 Å². The largest absolute Gasteiger partial charge is 0.494 e. The van der Waals surface area contributed by atoms with Gasteiger partial charge in [-0.3, -0.25) is 9.59 Å². The number of hydrogen-bond donors (Lipinski definition) is 2. The maximum Gasteiger partial charge on any atom is 0.251 e. The zero-order chi connectivity index (χ0) is 16.7. The zero-order valence-corrected chi connectivity index (χ0v) is 13.4. The Morgan fingerprint density at radius 2 is 1.87 bits per heavy atom. The molecule has 0 aromatic heterocycles. The van der Waals surface area contributed by atoms with E-state index in [-0.39, 0.29) is 18.4 Å². The first-order valence-corrected chi connectivity index (χ1v) is 7.52. The van der Waals surface area contributed by atoms with Crippen LogP contribution in [0.1, 0.15) is 17.3 Å². The second-order valence-corrected chi connectivity index (χ2v) is 5.14. The number of rotatable bonds is 6. The highest BCUT2D eigenvalue weighted by molar-refractivity contribution is 6.30. The minimum atomic E-state index is -0.327. The van der Waals surface area contributed by atoms with Crippen LogP contribution in [0.2, 0.25) is 5.02 Å². The molecule has 120 valence electrons. The number of hydrogen-bond acceptors (Lipinski definition) is 3. The summed E-state index contributed by atoms with van der Waals surface area (Å²) in [5, 5.41) is 5.75. The van der Waals surface area contributed by atoms with E-state index < -0.39 is 0 Å². The van der Waals surface area contributed by atoms with Gasteiger partial charge in [-0.2, -0.15) is 0 Å². The Labute approximate surface area is 139 Å². The molecule has 2 aromatic carbocycles. The smallest absolute Gasteiger partial charge is 0.251 e. The van der Waals surface area contributed by atoms with Crippen LogP contribution < -0.4 is 15.4 Å². The molecule has 2 amide bonds. The molecular formula is C17H17ClN2O3. The lowest BCUT2D eigenvalue weighted by Gasteiger charge is -2.08. The van der Waals surface area contributed by atoms with E-state index in [0.717, 1.165) is 0 Å². The zero-order valence-electron chi connectivity index (χ0n) is 12.6. The Balaban J connectivity index is 1.84. The summed E-state index contributed by atoms with van der Waals surface area (Å²) in [6.45, 7) is 2.33. The third-order valence-corrected chi connectivity index (χ3v) is 3.18. The fourth-order valence-electron chi connectivity index (χ4n) is 1.90. The molecule has 2 aromatic rings. The quantitative estimate of drug-likeness (QED) is 0.854. The molecule has 0 atom stereocenters. The lowest BCUT2D eigenvalue weighted by molar-refractivity contribution is -0.115. The second-order valence-electron chi connectivity index (χ2n) is 4.70. The maximum absolute atomic E-state index is 12.0. The SMILES string of the molecule is CCOc1ccc(C(=O)NCC(=O)Nc2cccc(Cl)c2)cc1. The summed E-state index contributed by atoms with van der Waals surface area (Å²) in [4.78, 5) is 23.8. The number of benzene rings is 2. The topological polar surface area (TPSA) is 67.4 Å². The standard InChI is InChI=1S/C17H17ClN2O3/c1-2-23-15-8-6-12(7-9-15)17(22)19-11-16(21)20-14-5-3-4-13(18)10-14/h3-10H,2,11H2,1H3,(H,19,22)(H,20,21). The third kappa shape index (κ3) is 5.30. The van der Waals surface area contributed by atoms with Gasteiger partial charge >= 0.3 is 0 Å². The Morgan fingerprint density at radius 3 is 2.52 bits per heavy atom. The Kier molecular flexibility index (Phi) is 6.00. The average Bonchev–Trinajstić information content (AvgIpc) is 2.54. The fraction of sp³-hybridized carbons (Fsp3) is 0.176. The molecule has 23 heavy (non-hydrogen) atoms. The van der Waals surface area contributed by atoms with Crippen molar-refractivity contribution in [1.29, 1.82) is 0 Å². The van der Waals surface area contributed by atoms with Crippen molar-refractivity contribution in [3.8, 4) is 5.75 Å². The van der Waals surface area contributed by atoms with Crippen LogP contribution in [0.3, 0.4) is 0 Å². The van der Waals surface area contributed by atoms with Gasteiger partial charge in [-0.1, -0.05) is 17.7 Å². The van der Waals surface area contributed by atoms with Crippen LogP contribution in [0.25, 0.3) is 0 Å². The van der Waals surface area contributed by atoms with Gasteiger partial charge in [-0.05, 0) is 49.4 Å². The van der Waals surface area contributed by atoms with Crippen LogP contribution in [0.5, 0.6) is 5.75 Å². The maximum atomic E-state index is 12.0. The number of carbonyl (C=O) groups is 2. The van der Waals surface area contributed by atoms with E-state index in [1.54, 1.807) is 48.5 Å². The molecule has 0 spiro atoms. The monoisotopic (exact) mass is 332 g/mol. The van der Waals surface area contributed by atoms with E-state index in [9.17, 15) is 9.59 Å². The number of anilines is 1. The molecule has 0 aliphatic carbocycles. The Bertz CT molecular complexity index is 686. The van der Waals surface area contributed by atoms with Crippen LogP contribution in [0, 0.1) is 0 Å². The highest BCUT2D eigenvalue weighted by atomic mass is 35.5. The summed E-state index contributed by atoms with van der Waals surface area (Å²) in [6, 6.07) is 13.5. The van der Waals surface area contributed by atoms with Gasteiger partial charge < -0.3 is 15.4 Å². The number of amides is 2. The van der Waals surface area contributed by atoms with Crippen molar-refractivity contribution in [2.75, 3.05) is 18.5 Å². The first-order valence-electron chi connectivity index (χ1n) is 7.15. The predicted octanol–water partition coefficient (Wildman–Crippen LogP) is 3.11. The molecule has 0 aliphatic heterocycles. The van der Waals surface area contributed by atoms with Crippen LogP contribution >= 0.6 is 11.6 Å². The fourth-order valence-corrected chi connectivity index (χ4v) is 2.09. The van der Waals surface area contributed by atoms with E-state index in [0.29, 0.717) is 28.6 Å². The van der Waals surface area contributed by atoms with E-state index in [1.807, 2.05) is 6.92 Å². The van der Waals surface area contributed by atoms with Gasteiger partial charge in [-0.25, -0.2) is 0 Å². The summed E-state index contributed by atoms with van der Waals surface area (Å²) in [7, 11) is 0. The Hall–Kier alpha value is -2.53. The van der Waals surface area contributed by atoms with Gasteiger partial charge in [0.25, 0.3) is 5.91 Å². The molecule has 0 aliphatic rings. The minimum absolute atomic E-state index is 0.126. The van der Waals surface area contributed by atoms with Crippen LogP contribution in [-0.2, 0) is 4.79 Å². The normalized spacial score (nSPS) is 10.0. The van der Waals surface area contributed by atoms with Crippen LogP contribution in [0.15, 0.2) is 48.5 Å². The number of carbonyl (C=O) groups excluding carboxylic acids is 2. The highest BCUT2D eigenvalue weighted by Gasteiger charge is 2.08. The lowest BCUT2D eigenvalue weighted by Crippen LogP contribution is -2.32. The summed E-state index contributed by atoms with van der Waals surface area (Å²) in [6.07, 6.45) is 0. The summed E-state index contributed by atoms with van der Waals surface area (Å²) >= 11 is 5.84. The second kappa shape index (κ2) is 8.19. The molecule has 0 unspecified atom stereocenters. The summed E-state index contributed by atoms with van der Waals surface area (Å²) in [5.74, 6) is 0.0450.